The Morgan fingerprint density at radius 3 is 2.62 bits per heavy atom. The second-order valence-corrected chi connectivity index (χ2v) is 5.97. The molecule has 2 heterocycles. The van der Waals surface area contributed by atoms with Gasteiger partial charge in [-0.15, -0.1) is 0 Å². The first-order valence-corrected chi connectivity index (χ1v) is 7.20. The molecule has 0 atom stereocenters. The standard InChI is InChI=1S/C16H23N3O2/c1-6-17-13-11(2)14(19-15(18-13)16(3,4)5)21-10-12-8-7-9-20-12/h7-9H,6,10H2,1-5H3,(H,17,18,19). The van der Waals surface area contributed by atoms with Gasteiger partial charge in [0.1, 0.15) is 24.0 Å². The molecule has 0 spiro atoms. The number of ether oxygens (including phenoxy) is 1. The Labute approximate surface area is 125 Å². The zero-order chi connectivity index (χ0) is 15.5. The molecule has 1 N–H and O–H groups in total. The van der Waals surface area contributed by atoms with Crippen molar-refractivity contribution >= 4 is 5.82 Å². The van der Waals surface area contributed by atoms with Crippen LogP contribution in [0.3, 0.4) is 0 Å². The first kappa shape index (κ1) is 15.4. The Bertz CT molecular complexity index is 586. The van der Waals surface area contributed by atoms with Gasteiger partial charge < -0.3 is 14.5 Å². The van der Waals surface area contributed by atoms with E-state index in [4.69, 9.17) is 9.15 Å². The van der Waals surface area contributed by atoms with Crippen LogP contribution in [0.15, 0.2) is 22.8 Å². The summed E-state index contributed by atoms with van der Waals surface area (Å²) in [5.41, 5.74) is 0.775. The molecule has 0 amide bonds. The Morgan fingerprint density at radius 2 is 2.05 bits per heavy atom. The molecule has 2 aromatic heterocycles. The highest BCUT2D eigenvalue weighted by molar-refractivity contribution is 5.49. The van der Waals surface area contributed by atoms with E-state index in [1.807, 2.05) is 26.0 Å². The summed E-state index contributed by atoms with van der Waals surface area (Å²) in [4.78, 5) is 9.18. The molecule has 0 aromatic carbocycles. The summed E-state index contributed by atoms with van der Waals surface area (Å²) in [6.07, 6.45) is 1.64. The van der Waals surface area contributed by atoms with Gasteiger partial charge in [-0.2, -0.15) is 4.98 Å². The molecular weight excluding hydrogens is 266 g/mol. The Kier molecular flexibility index (Phi) is 4.50. The van der Waals surface area contributed by atoms with Gasteiger partial charge in [-0.3, -0.25) is 0 Å². The highest BCUT2D eigenvalue weighted by atomic mass is 16.5. The topological polar surface area (TPSA) is 60.2 Å². The molecule has 0 saturated heterocycles. The van der Waals surface area contributed by atoms with Crippen LogP contribution in [0.2, 0.25) is 0 Å². The average molecular weight is 289 g/mol. The lowest BCUT2D eigenvalue weighted by Crippen LogP contribution is -2.19. The number of nitrogens with one attached hydrogen (secondary N) is 1. The molecular formula is C16H23N3O2. The molecule has 0 aliphatic rings. The van der Waals surface area contributed by atoms with Crippen molar-refractivity contribution in [1.82, 2.24) is 9.97 Å². The van der Waals surface area contributed by atoms with E-state index in [-0.39, 0.29) is 5.41 Å². The number of hydrogen-bond acceptors (Lipinski definition) is 5. The van der Waals surface area contributed by atoms with Gasteiger partial charge in [0.2, 0.25) is 5.88 Å². The van der Waals surface area contributed by atoms with Crippen LogP contribution in [0.1, 0.15) is 44.8 Å². The minimum Gasteiger partial charge on any atom is -0.469 e. The molecule has 0 fully saturated rings. The molecule has 2 rings (SSSR count). The fourth-order valence-corrected chi connectivity index (χ4v) is 1.85. The third-order valence-corrected chi connectivity index (χ3v) is 3.05. The van der Waals surface area contributed by atoms with Crippen molar-refractivity contribution in [3.05, 3.63) is 35.5 Å². The number of hydrogen-bond donors (Lipinski definition) is 1. The lowest BCUT2D eigenvalue weighted by molar-refractivity contribution is 0.256. The molecule has 5 heteroatoms. The summed E-state index contributed by atoms with van der Waals surface area (Å²) in [6.45, 7) is 11.4. The Morgan fingerprint density at radius 1 is 1.29 bits per heavy atom. The maximum Gasteiger partial charge on any atom is 0.222 e. The molecule has 2 aromatic rings. The lowest BCUT2D eigenvalue weighted by atomic mass is 9.95. The van der Waals surface area contributed by atoms with Gasteiger partial charge in [-0.1, -0.05) is 20.8 Å². The summed E-state index contributed by atoms with van der Waals surface area (Å²) in [6, 6.07) is 3.72. The number of anilines is 1. The largest absolute Gasteiger partial charge is 0.469 e. The highest BCUT2D eigenvalue weighted by Crippen LogP contribution is 2.28. The molecule has 0 aliphatic heterocycles. The van der Waals surface area contributed by atoms with Crippen LogP contribution in [0.25, 0.3) is 0 Å². The summed E-state index contributed by atoms with van der Waals surface area (Å²) in [5.74, 6) is 2.96. The minimum absolute atomic E-state index is 0.138. The third-order valence-electron chi connectivity index (χ3n) is 3.05. The maximum absolute atomic E-state index is 5.82. The van der Waals surface area contributed by atoms with E-state index in [9.17, 15) is 0 Å². The molecule has 0 saturated carbocycles. The van der Waals surface area contributed by atoms with Crippen molar-refractivity contribution in [3.63, 3.8) is 0 Å². The van der Waals surface area contributed by atoms with Crippen LogP contribution >= 0.6 is 0 Å². The molecule has 114 valence electrons. The predicted molar refractivity (Wildman–Crippen MR) is 82.7 cm³/mol. The summed E-state index contributed by atoms with van der Waals surface area (Å²) in [7, 11) is 0. The third kappa shape index (κ3) is 3.74. The van der Waals surface area contributed by atoms with Crippen LogP contribution in [-0.2, 0) is 12.0 Å². The van der Waals surface area contributed by atoms with Crippen molar-refractivity contribution in [3.8, 4) is 5.88 Å². The summed E-state index contributed by atoms with van der Waals surface area (Å²) < 4.78 is 11.1. The first-order chi connectivity index (χ1) is 9.91. The van der Waals surface area contributed by atoms with Gasteiger partial charge in [0.15, 0.2) is 0 Å². The lowest BCUT2D eigenvalue weighted by Gasteiger charge is -2.20. The SMILES string of the molecule is CCNc1nc(C(C)(C)C)nc(OCc2ccco2)c1C. The average Bonchev–Trinajstić information content (AvgIpc) is 2.91. The molecule has 0 radical (unpaired) electrons. The van der Waals surface area contributed by atoms with Crippen molar-refractivity contribution in [2.45, 2.75) is 46.6 Å². The first-order valence-electron chi connectivity index (χ1n) is 7.20. The van der Waals surface area contributed by atoms with Gasteiger partial charge >= 0.3 is 0 Å². The summed E-state index contributed by atoms with van der Waals surface area (Å²) in [5, 5.41) is 3.27. The highest BCUT2D eigenvalue weighted by Gasteiger charge is 2.21. The van der Waals surface area contributed by atoms with Crippen molar-refractivity contribution in [2.75, 3.05) is 11.9 Å². The van der Waals surface area contributed by atoms with Crippen molar-refractivity contribution in [1.29, 1.82) is 0 Å². The van der Waals surface area contributed by atoms with Crippen LogP contribution < -0.4 is 10.1 Å². The zero-order valence-corrected chi connectivity index (χ0v) is 13.4. The quantitative estimate of drug-likeness (QED) is 0.909. The number of rotatable bonds is 5. The molecule has 21 heavy (non-hydrogen) atoms. The smallest absolute Gasteiger partial charge is 0.222 e. The van der Waals surface area contributed by atoms with E-state index in [0.29, 0.717) is 12.5 Å². The zero-order valence-electron chi connectivity index (χ0n) is 13.4. The normalized spacial score (nSPS) is 11.5. The Hall–Kier alpha value is -2.04. The van der Waals surface area contributed by atoms with Crippen molar-refractivity contribution < 1.29 is 9.15 Å². The molecule has 0 unspecified atom stereocenters. The molecule has 5 nitrogen and oxygen atoms in total. The molecule has 0 aliphatic carbocycles. The number of nitrogens with zero attached hydrogens (tertiary/aromatic N) is 2. The van der Waals surface area contributed by atoms with E-state index in [1.165, 1.54) is 0 Å². The second-order valence-electron chi connectivity index (χ2n) is 5.97. The fraction of sp³-hybridized carbons (Fsp3) is 0.500. The monoisotopic (exact) mass is 289 g/mol. The summed E-state index contributed by atoms with van der Waals surface area (Å²) >= 11 is 0. The van der Waals surface area contributed by atoms with Gasteiger partial charge in [0.05, 0.1) is 11.8 Å². The fourth-order valence-electron chi connectivity index (χ4n) is 1.85. The predicted octanol–water partition coefficient (Wildman–Crippen LogP) is 3.69. The van der Waals surface area contributed by atoms with Gasteiger partial charge in [-0.05, 0) is 26.0 Å². The second kappa shape index (κ2) is 6.16. The van der Waals surface area contributed by atoms with E-state index < -0.39 is 0 Å². The molecule has 0 bridgehead atoms. The van der Waals surface area contributed by atoms with Gasteiger partial charge in [0.25, 0.3) is 0 Å². The van der Waals surface area contributed by atoms with E-state index in [2.05, 4.69) is 36.1 Å². The Balaban J connectivity index is 2.31. The van der Waals surface area contributed by atoms with Crippen LogP contribution in [0.5, 0.6) is 5.88 Å². The van der Waals surface area contributed by atoms with Gasteiger partial charge in [-0.25, -0.2) is 4.98 Å². The van der Waals surface area contributed by atoms with Crippen LogP contribution in [-0.4, -0.2) is 16.5 Å². The van der Waals surface area contributed by atoms with Gasteiger partial charge in [0, 0.05) is 12.0 Å². The van der Waals surface area contributed by atoms with E-state index in [0.717, 1.165) is 29.5 Å². The van der Waals surface area contributed by atoms with E-state index >= 15 is 0 Å². The number of aromatic nitrogens is 2. The maximum atomic E-state index is 5.82. The van der Waals surface area contributed by atoms with E-state index in [1.54, 1.807) is 6.26 Å². The van der Waals surface area contributed by atoms with Crippen LogP contribution in [0.4, 0.5) is 5.82 Å². The van der Waals surface area contributed by atoms with Crippen molar-refractivity contribution in [2.24, 2.45) is 0 Å². The van der Waals surface area contributed by atoms with Crippen LogP contribution in [0, 0.1) is 6.92 Å². The number of furan rings is 1. The minimum atomic E-state index is -0.138.